The summed E-state index contributed by atoms with van der Waals surface area (Å²) in [5, 5.41) is 2.70. The van der Waals surface area contributed by atoms with Crippen LogP contribution in [0.5, 0.6) is 0 Å². The van der Waals surface area contributed by atoms with Gasteiger partial charge < -0.3 is 16.0 Å². The number of carbonyl (C=O) groups is 2. The highest BCUT2D eigenvalue weighted by Crippen LogP contribution is 2.10. The zero-order valence-corrected chi connectivity index (χ0v) is 11.6. The molecule has 0 saturated carbocycles. The number of amides is 2. The van der Waals surface area contributed by atoms with Gasteiger partial charge in [-0.1, -0.05) is 18.2 Å². The van der Waals surface area contributed by atoms with Crippen molar-refractivity contribution in [3.05, 3.63) is 35.4 Å². The van der Waals surface area contributed by atoms with Gasteiger partial charge in [0.05, 0.1) is 6.54 Å². The van der Waals surface area contributed by atoms with E-state index in [-0.39, 0.29) is 18.4 Å². The normalized spacial score (nSPS) is 14.3. The minimum atomic E-state index is -0.207. The molecule has 0 spiro atoms. The number of likely N-dealkylation sites (tertiary alicyclic amines) is 1. The summed E-state index contributed by atoms with van der Waals surface area (Å²) in [6.45, 7) is 2.17. The second kappa shape index (κ2) is 7.05. The lowest BCUT2D eigenvalue weighted by Crippen LogP contribution is -2.38. The van der Waals surface area contributed by atoms with Crippen molar-refractivity contribution in [3.8, 4) is 0 Å². The molecule has 0 unspecified atom stereocenters. The van der Waals surface area contributed by atoms with Crippen LogP contribution in [0.15, 0.2) is 24.3 Å². The number of nitrogens with one attached hydrogen (secondary N) is 1. The van der Waals surface area contributed by atoms with Gasteiger partial charge in [0.15, 0.2) is 0 Å². The Balaban J connectivity index is 1.92. The van der Waals surface area contributed by atoms with Gasteiger partial charge >= 0.3 is 0 Å². The lowest BCUT2D eigenvalue weighted by Gasteiger charge is -2.16. The third-order valence-corrected chi connectivity index (χ3v) is 3.53. The molecule has 0 bridgehead atoms. The molecule has 0 atom stereocenters. The van der Waals surface area contributed by atoms with E-state index in [1.54, 1.807) is 11.0 Å². The number of rotatable bonds is 5. The number of carbonyl (C=O) groups excluding carboxylic acids is 2. The topological polar surface area (TPSA) is 75.4 Å². The average molecular weight is 275 g/mol. The largest absolute Gasteiger partial charge is 0.343 e. The van der Waals surface area contributed by atoms with Crippen molar-refractivity contribution in [2.24, 2.45) is 5.73 Å². The molecule has 2 amide bonds. The standard InChI is InChI=1S/C15H21N3O2/c16-8-7-12-5-1-2-6-13(12)15(20)17-11-14(19)18-9-3-4-10-18/h1-2,5-6H,3-4,7-11,16H2,(H,17,20). The van der Waals surface area contributed by atoms with Crippen molar-refractivity contribution in [2.75, 3.05) is 26.2 Å². The molecule has 108 valence electrons. The fraction of sp³-hybridized carbons (Fsp3) is 0.467. The highest BCUT2D eigenvalue weighted by Gasteiger charge is 2.19. The van der Waals surface area contributed by atoms with Gasteiger partial charge in [0, 0.05) is 18.7 Å². The van der Waals surface area contributed by atoms with Crippen LogP contribution in [0.2, 0.25) is 0 Å². The first-order valence-electron chi connectivity index (χ1n) is 7.06. The van der Waals surface area contributed by atoms with Gasteiger partial charge in [0.25, 0.3) is 5.91 Å². The molecule has 1 aromatic carbocycles. The lowest BCUT2D eigenvalue weighted by molar-refractivity contribution is -0.129. The van der Waals surface area contributed by atoms with Gasteiger partial charge in [-0.05, 0) is 37.4 Å². The maximum Gasteiger partial charge on any atom is 0.251 e. The monoisotopic (exact) mass is 275 g/mol. The van der Waals surface area contributed by atoms with Crippen molar-refractivity contribution < 1.29 is 9.59 Å². The summed E-state index contributed by atoms with van der Waals surface area (Å²) in [6, 6.07) is 7.36. The van der Waals surface area contributed by atoms with Crippen LogP contribution in [0.25, 0.3) is 0 Å². The Hall–Kier alpha value is -1.88. The molecule has 1 aliphatic rings. The quantitative estimate of drug-likeness (QED) is 0.823. The van der Waals surface area contributed by atoms with Crippen molar-refractivity contribution in [3.63, 3.8) is 0 Å². The van der Waals surface area contributed by atoms with Crippen LogP contribution in [0.1, 0.15) is 28.8 Å². The van der Waals surface area contributed by atoms with Gasteiger partial charge in [0.2, 0.25) is 5.91 Å². The number of nitrogens with zero attached hydrogens (tertiary/aromatic N) is 1. The van der Waals surface area contributed by atoms with Crippen molar-refractivity contribution >= 4 is 11.8 Å². The predicted octanol–water partition coefficient (Wildman–Crippen LogP) is 0.540. The van der Waals surface area contributed by atoms with Crippen LogP contribution in [0.3, 0.4) is 0 Å². The highest BCUT2D eigenvalue weighted by molar-refractivity contribution is 5.97. The molecule has 2 rings (SSSR count). The second-order valence-electron chi connectivity index (χ2n) is 4.97. The summed E-state index contributed by atoms with van der Waals surface area (Å²) in [4.78, 5) is 25.8. The van der Waals surface area contributed by atoms with Crippen molar-refractivity contribution in [1.29, 1.82) is 0 Å². The SMILES string of the molecule is NCCc1ccccc1C(=O)NCC(=O)N1CCCC1. The minimum absolute atomic E-state index is 0.00726. The molecule has 20 heavy (non-hydrogen) atoms. The highest BCUT2D eigenvalue weighted by atomic mass is 16.2. The molecule has 0 aromatic heterocycles. The molecule has 5 nitrogen and oxygen atoms in total. The van der Waals surface area contributed by atoms with Crippen molar-refractivity contribution in [1.82, 2.24) is 10.2 Å². The van der Waals surface area contributed by atoms with E-state index in [0.717, 1.165) is 31.5 Å². The molecule has 1 aromatic rings. The first-order chi connectivity index (χ1) is 9.72. The number of benzene rings is 1. The summed E-state index contributed by atoms with van der Waals surface area (Å²) in [5.74, 6) is -0.214. The summed E-state index contributed by atoms with van der Waals surface area (Å²) in [6.07, 6.45) is 2.77. The number of hydrogen-bond acceptors (Lipinski definition) is 3. The van der Waals surface area contributed by atoms with E-state index in [1.165, 1.54) is 0 Å². The summed E-state index contributed by atoms with van der Waals surface area (Å²) < 4.78 is 0. The molecule has 3 N–H and O–H groups in total. The van der Waals surface area contributed by atoms with Crippen LogP contribution in [0, 0.1) is 0 Å². The fourth-order valence-corrected chi connectivity index (χ4v) is 2.44. The van der Waals surface area contributed by atoms with E-state index in [9.17, 15) is 9.59 Å². The molecule has 1 aliphatic heterocycles. The van der Waals surface area contributed by atoms with Gasteiger partial charge in [-0.25, -0.2) is 0 Å². The zero-order chi connectivity index (χ0) is 14.4. The first-order valence-corrected chi connectivity index (χ1v) is 7.06. The Bertz CT molecular complexity index is 482. The molecule has 1 saturated heterocycles. The first kappa shape index (κ1) is 14.5. The van der Waals surface area contributed by atoms with E-state index < -0.39 is 0 Å². The van der Waals surface area contributed by atoms with Gasteiger partial charge in [-0.3, -0.25) is 9.59 Å². The summed E-state index contributed by atoms with van der Waals surface area (Å²) in [5.41, 5.74) is 7.06. The van der Waals surface area contributed by atoms with Crippen LogP contribution in [-0.2, 0) is 11.2 Å². The number of nitrogens with two attached hydrogens (primary N) is 1. The van der Waals surface area contributed by atoms with E-state index >= 15 is 0 Å². The van der Waals surface area contributed by atoms with E-state index in [4.69, 9.17) is 5.73 Å². The van der Waals surface area contributed by atoms with E-state index in [1.807, 2.05) is 18.2 Å². The molecular formula is C15H21N3O2. The molecule has 1 heterocycles. The van der Waals surface area contributed by atoms with E-state index in [2.05, 4.69) is 5.32 Å². The Morgan fingerprint density at radius 1 is 1.20 bits per heavy atom. The Kier molecular flexibility index (Phi) is 5.12. The smallest absolute Gasteiger partial charge is 0.251 e. The number of hydrogen-bond donors (Lipinski definition) is 2. The summed E-state index contributed by atoms with van der Waals surface area (Å²) in [7, 11) is 0. The van der Waals surface area contributed by atoms with Crippen LogP contribution < -0.4 is 11.1 Å². The zero-order valence-electron chi connectivity index (χ0n) is 11.6. The third-order valence-electron chi connectivity index (χ3n) is 3.53. The molecule has 0 aliphatic carbocycles. The third kappa shape index (κ3) is 3.57. The fourth-order valence-electron chi connectivity index (χ4n) is 2.44. The lowest BCUT2D eigenvalue weighted by atomic mass is 10.0. The maximum absolute atomic E-state index is 12.1. The molecule has 1 fully saturated rings. The van der Waals surface area contributed by atoms with E-state index in [0.29, 0.717) is 18.5 Å². The van der Waals surface area contributed by atoms with Gasteiger partial charge in [-0.15, -0.1) is 0 Å². The van der Waals surface area contributed by atoms with Crippen LogP contribution >= 0.6 is 0 Å². The van der Waals surface area contributed by atoms with Gasteiger partial charge in [0.1, 0.15) is 0 Å². The maximum atomic E-state index is 12.1. The summed E-state index contributed by atoms with van der Waals surface area (Å²) >= 11 is 0. The Morgan fingerprint density at radius 2 is 1.90 bits per heavy atom. The van der Waals surface area contributed by atoms with Gasteiger partial charge in [-0.2, -0.15) is 0 Å². The molecule has 0 radical (unpaired) electrons. The Labute approximate surface area is 119 Å². The van der Waals surface area contributed by atoms with Crippen LogP contribution in [0.4, 0.5) is 0 Å². The Morgan fingerprint density at radius 3 is 2.60 bits per heavy atom. The second-order valence-corrected chi connectivity index (χ2v) is 4.97. The predicted molar refractivity (Wildman–Crippen MR) is 77.3 cm³/mol. The van der Waals surface area contributed by atoms with Crippen molar-refractivity contribution in [2.45, 2.75) is 19.3 Å². The van der Waals surface area contributed by atoms with Crippen LogP contribution in [-0.4, -0.2) is 42.9 Å². The minimum Gasteiger partial charge on any atom is -0.343 e. The molecular weight excluding hydrogens is 254 g/mol. The molecule has 5 heteroatoms. The average Bonchev–Trinajstić information content (AvgIpc) is 2.99.